The molecule has 7 heteroatoms. The van der Waals surface area contributed by atoms with Crippen LogP contribution in [0.1, 0.15) is 6.92 Å². The van der Waals surface area contributed by atoms with Gasteiger partial charge in [0.15, 0.2) is 12.2 Å². The van der Waals surface area contributed by atoms with Crippen LogP contribution >= 0.6 is 0 Å². The van der Waals surface area contributed by atoms with Crippen molar-refractivity contribution in [3.8, 4) is 0 Å². The molecule has 0 radical (unpaired) electrons. The van der Waals surface area contributed by atoms with Crippen molar-refractivity contribution >= 4 is 28.3 Å². The second-order valence-electron chi connectivity index (χ2n) is 6.59. The molecule has 2 aromatic rings. The van der Waals surface area contributed by atoms with Crippen LogP contribution in [0.25, 0.3) is 10.8 Å². The number of hydrogen-bond donors (Lipinski definition) is 3. The maximum absolute atomic E-state index is 12.4. The summed E-state index contributed by atoms with van der Waals surface area (Å²) in [6.07, 6.45) is -3.51. The smallest absolute Gasteiger partial charge is 0.254 e. The Morgan fingerprint density at radius 2 is 1.67 bits per heavy atom. The van der Waals surface area contributed by atoms with Crippen LogP contribution < -0.4 is 10.2 Å². The van der Waals surface area contributed by atoms with E-state index in [2.05, 4.69) is 34.5 Å². The zero-order valence-electron chi connectivity index (χ0n) is 15.3. The second kappa shape index (κ2) is 8.37. The molecule has 1 aliphatic rings. The number of hydrogen-bond acceptors (Lipinski definition) is 5. The van der Waals surface area contributed by atoms with Crippen LogP contribution in [0.2, 0.25) is 0 Å². The van der Waals surface area contributed by atoms with Crippen LogP contribution in [0.15, 0.2) is 42.5 Å². The minimum Gasteiger partial charge on any atom is -0.380 e. The standard InChI is InChI=1S/C20H25N3O4/c1-2-21-19(26)17(24)18(25)20(27)23-12-10-22(11-13-23)16-9-5-7-14-6-3-4-8-15(14)16/h3-9,17-18,24-25H,2,10-13H2,1H3,(H,21,26)/t17-,18-/m1/s1. The van der Waals surface area contributed by atoms with Gasteiger partial charge in [0.2, 0.25) is 0 Å². The number of carbonyl (C=O) groups excluding carboxylic acids is 2. The van der Waals surface area contributed by atoms with Crippen LogP contribution in [0.4, 0.5) is 5.69 Å². The molecule has 2 aromatic carbocycles. The lowest BCUT2D eigenvalue weighted by molar-refractivity contribution is -0.153. The van der Waals surface area contributed by atoms with E-state index < -0.39 is 24.0 Å². The third kappa shape index (κ3) is 4.04. The number of nitrogens with zero attached hydrogens (tertiary/aromatic N) is 2. The SMILES string of the molecule is CCNC(=O)[C@H](O)[C@@H](O)C(=O)N1CCN(c2cccc3ccccc23)CC1. The largest absolute Gasteiger partial charge is 0.380 e. The van der Waals surface area contributed by atoms with Gasteiger partial charge >= 0.3 is 0 Å². The number of rotatable bonds is 5. The fraction of sp³-hybridized carbons (Fsp3) is 0.400. The summed E-state index contributed by atoms with van der Waals surface area (Å²) in [6, 6.07) is 14.3. The van der Waals surface area contributed by atoms with Gasteiger partial charge in [-0.2, -0.15) is 0 Å². The Bertz CT molecular complexity index is 812. The van der Waals surface area contributed by atoms with E-state index in [4.69, 9.17) is 0 Å². The molecule has 0 aromatic heterocycles. The van der Waals surface area contributed by atoms with E-state index in [-0.39, 0.29) is 0 Å². The van der Waals surface area contributed by atoms with Crippen molar-refractivity contribution in [1.29, 1.82) is 0 Å². The highest BCUT2D eigenvalue weighted by atomic mass is 16.3. The number of fused-ring (bicyclic) bond motifs is 1. The number of anilines is 1. The molecule has 0 unspecified atom stereocenters. The molecule has 2 amide bonds. The Balaban J connectivity index is 1.64. The van der Waals surface area contributed by atoms with Crippen molar-refractivity contribution in [1.82, 2.24) is 10.2 Å². The Labute approximate surface area is 158 Å². The summed E-state index contributed by atoms with van der Waals surface area (Å²) in [5, 5.41) is 24.6. The minimum atomic E-state index is -1.76. The van der Waals surface area contributed by atoms with Crippen molar-refractivity contribution in [2.45, 2.75) is 19.1 Å². The van der Waals surface area contributed by atoms with Gasteiger partial charge in [0.05, 0.1) is 0 Å². The van der Waals surface area contributed by atoms with Crippen molar-refractivity contribution in [3.05, 3.63) is 42.5 Å². The normalized spacial score (nSPS) is 16.9. The summed E-state index contributed by atoms with van der Waals surface area (Å²) in [6.45, 7) is 4.09. The van der Waals surface area contributed by atoms with Crippen LogP contribution in [-0.4, -0.2) is 71.9 Å². The molecule has 0 saturated carbocycles. The van der Waals surface area contributed by atoms with Crippen LogP contribution in [-0.2, 0) is 9.59 Å². The lowest BCUT2D eigenvalue weighted by atomic mass is 10.1. The molecule has 3 rings (SSSR count). The van der Waals surface area contributed by atoms with E-state index in [9.17, 15) is 19.8 Å². The van der Waals surface area contributed by atoms with E-state index in [0.29, 0.717) is 32.7 Å². The molecule has 144 valence electrons. The maximum atomic E-state index is 12.4. The molecule has 2 atom stereocenters. The van der Waals surface area contributed by atoms with Crippen molar-refractivity contribution in [3.63, 3.8) is 0 Å². The molecule has 3 N–H and O–H groups in total. The molecule has 0 aliphatic carbocycles. The first-order valence-corrected chi connectivity index (χ1v) is 9.18. The van der Waals surface area contributed by atoms with Gasteiger partial charge in [0, 0.05) is 43.8 Å². The molecule has 1 heterocycles. The average Bonchev–Trinajstić information content (AvgIpc) is 2.72. The van der Waals surface area contributed by atoms with E-state index in [1.54, 1.807) is 6.92 Å². The molecular weight excluding hydrogens is 346 g/mol. The number of aliphatic hydroxyl groups excluding tert-OH is 2. The average molecular weight is 371 g/mol. The second-order valence-corrected chi connectivity index (χ2v) is 6.59. The van der Waals surface area contributed by atoms with E-state index >= 15 is 0 Å². The van der Waals surface area contributed by atoms with Gasteiger partial charge < -0.3 is 25.3 Å². The Hall–Kier alpha value is -2.64. The zero-order valence-corrected chi connectivity index (χ0v) is 15.3. The lowest BCUT2D eigenvalue weighted by Gasteiger charge is -2.37. The van der Waals surface area contributed by atoms with Crippen LogP contribution in [0.3, 0.4) is 0 Å². The van der Waals surface area contributed by atoms with Gasteiger partial charge in [-0.1, -0.05) is 36.4 Å². The van der Waals surface area contributed by atoms with Crippen LogP contribution in [0.5, 0.6) is 0 Å². The highest BCUT2D eigenvalue weighted by Gasteiger charge is 2.34. The third-order valence-corrected chi connectivity index (χ3v) is 4.87. The van der Waals surface area contributed by atoms with Gasteiger partial charge in [-0.25, -0.2) is 0 Å². The van der Waals surface area contributed by atoms with E-state index in [0.717, 1.165) is 16.5 Å². The number of nitrogens with one attached hydrogen (secondary N) is 1. The Kier molecular flexibility index (Phi) is 5.93. The first-order chi connectivity index (χ1) is 13.0. The Morgan fingerprint density at radius 1 is 1.00 bits per heavy atom. The maximum Gasteiger partial charge on any atom is 0.254 e. The quantitative estimate of drug-likeness (QED) is 0.705. The number of piperazine rings is 1. The summed E-state index contributed by atoms with van der Waals surface area (Å²) >= 11 is 0. The van der Waals surface area contributed by atoms with Crippen molar-refractivity contribution in [2.24, 2.45) is 0 Å². The first kappa shape index (κ1) is 19.1. The molecule has 27 heavy (non-hydrogen) atoms. The summed E-state index contributed by atoms with van der Waals surface area (Å²) in [4.78, 5) is 27.8. The predicted molar refractivity (Wildman–Crippen MR) is 103 cm³/mol. The van der Waals surface area contributed by atoms with Gasteiger partial charge in [-0.3, -0.25) is 9.59 Å². The van der Waals surface area contributed by atoms with Gasteiger partial charge in [0.25, 0.3) is 11.8 Å². The van der Waals surface area contributed by atoms with Crippen molar-refractivity contribution < 1.29 is 19.8 Å². The highest BCUT2D eigenvalue weighted by molar-refractivity contribution is 5.94. The van der Waals surface area contributed by atoms with Crippen molar-refractivity contribution in [2.75, 3.05) is 37.6 Å². The molecule has 7 nitrogen and oxygen atoms in total. The van der Waals surface area contributed by atoms with Gasteiger partial charge in [0.1, 0.15) is 0 Å². The zero-order chi connectivity index (χ0) is 19.4. The van der Waals surface area contributed by atoms with Crippen LogP contribution in [0, 0.1) is 0 Å². The third-order valence-electron chi connectivity index (χ3n) is 4.87. The fourth-order valence-corrected chi connectivity index (χ4v) is 3.40. The lowest BCUT2D eigenvalue weighted by Crippen LogP contribution is -2.55. The molecule has 1 saturated heterocycles. The first-order valence-electron chi connectivity index (χ1n) is 9.18. The minimum absolute atomic E-state index is 0.320. The highest BCUT2D eigenvalue weighted by Crippen LogP contribution is 2.27. The van der Waals surface area contributed by atoms with E-state index in [1.165, 1.54) is 4.90 Å². The monoisotopic (exact) mass is 371 g/mol. The number of carbonyl (C=O) groups is 2. The van der Waals surface area contributed by atoms with Gasteiger partial charge in [-0.15, -0.1) is 0 Å². The molecule has 0 bridgehead atoms. The fourth-order valence-electron chi connectivity index (χ4n) is 3.40. The number of benzene rings is 2. The summed E-state index contributed by atoms with van der Waals surface area (Å²) < 4.78 is 0. The molecule has 1 fully saturated rings. The topological polar surface area (TPSA) is 93.1 Å². The Morgan fingerprint density at radius 3 is 2.37 bits per heavy atom. The number of likely N-dealkylation sites (N-methyl/N-ethyl adjacent to an activating group) is 1. The summed E-state index contributed by atoms with van der Waals surface area (Å²) in [7, 11) is 0. The molecular formula is C20H25N3O4. The molecule has 0 spiro atoms. The number of aliphatic hydroxyl groups is 2. The summed E-state index contributed by atoms with van der Waals surface area (Å²) in [5.74, 6) is -1.36. The summed E-state index contributed by atoms with van der Waals surface area (Å²) in [5.41, 5.74) is 1.11. The number of amides is 2. The van der Waals surface area contributed by atoms with E-state index in [1.807, 2.05) is 18.2 Å². The molecule has 1 aliphatic heterocycles. The van der Waals surface area contributed by atoms with Gasteiger partial charge in [-0.05, 0) is 18.4 Å². The predicted octanol–water partition coefficient (Wildman–Crippen LogP) is 0.346.